The lowest BCUT2D eigenvalue weighted by molar-refractivity contribution is -0.135. The number of nitrogens with one attached hydrogen (secondary N) is 2. The first-order valence-electron chi connectivity index (χ1n) is 11.5. The molecule has 9 nitrogen and oxygen atoms in total. The number of nitrogens with zero attached hydrogens (tertiary/aromatic N) is 2. The maximum absolute atomic E-state index is 13.1. The number of piperazine rings is 1. The van der Waals surface area contributed by atoms with Gasteiger partial charge < -0.3 is 23.8 Å². The zero-order valence-corrected chi connectivity index (χ0v) is 20.3. The van der Waals surface area contributed by atoms with Gasteiger partial charge in [0.25, 0.3) is 0 Å². The largest absolute Gasteiger partial charge is 0.497 e. The molecule has 2 atom stereocenters. The van der Waals surface area contributed by atoms with E-state index in [1.807, 2.05) is 35.2 Å². The minimum Gasteiger partial charge on any atom is -0.497 e. The molecule has 34 heavy (non-hydrogen) atoms. The van der Waals surface area contributed by atoms with Crippen LogP contribution in [-0.4, -0.2) is 76.4 Å². The summed E-state index contributed by atoms with van der Waals surface area (Å²) in [6.45, 7) is 3.69. The first kappa shape index (κ1) is 24.1. The van der Waals surface area contributed by atoms with Crippen molar-refractivity contribution in [1.29, 1.82) is 0 Å². The molecule has 2 aliphatic rings. The van der Waals surface area contributed by atoms with E-state index in [0.29, 0.717) is 43.3 Å². The van der Waals surface area contributed by atoms with Gasteiger partial charge in [-0.1, -0.05) is 18.2 Å². The van der Waals surface area contributed by atoms with Crippen molar-refractivity contribution >= 4 is 5.91 Å². The second-order valence-corrected chi connectivity index (χ2v) is 8.50. The summed E-state index contributed by atoms with van der Waals surface area (Å²) in [6, 6.07) is 11.7. The first-order chi connectivity index (χ1) is 16.6. The lowest BCUT2D eigenvalue weighted by Crippen LogP contribution is -2.53. The molecule has 2 aromatic rings. The molecule has 2 N–H and O–H groups in total. The fraction of sp³-hybridized carbons (Fsp3) is 0.480. The van der Waals surface area contributed by atoms with Gasteiger partial charge in [0.2, 0.25) is 11.7 Å². The van der Waals surface area contributed by atoms with Gasteiger partial charge in [0.05, 0.1) is 28.4 Å². The highest BCUT2D eigenvalue weighted by atomic mass is 16.5. The van der Waals surface area contributed by atoms with E-state index in [0.717, 1.165) is 30.0 Å². The van der Waals surface area contributed by atoms with Crippen molar-refractivity contribution in [2.75, 3.05) is 54.6 Å². The highest BCUT2D eigenvalue weighted by molar-refractivity contribution is 5.82. The summed E-state index contributed by atoms with van der Waals surface area (Å²) < 4.78 is 21.8. The molecule has 2 unspecified atom stereocenters. The Kier molecular flexibility index (Phi) is 7.77. The molecule has 0 spiro atoms. The van der Waals surface area contributed by atoms with Crippen molar-refractivity contribution in [3.63, 3.8) is 0 Å². The lowest BCUT2D eigenvalue weighted by Gasteiger charge is -2.36. The van der Waals surface area contributed by atoms with Gasteiger partial charge in [0.1, 0.15) is 11.8 Å². The predicted octanol–water partition coefficient (Wildman–Crippen LogP) is 1.97. The van der Waals surface area contributed by atoms with Crippen LogP contribution in [0.2, 0.25) is 0 Å². The molecule has 0 radical (unpaired) electrons. The molecule has 0 aromatic heterocycles. The van der Waals surface area contributed by atoms with Crippen LogP contribution in [0.5, 0.6) is 23.0 Å². The summed E-state index contributed by atoms with van der Waals surface area (Å²) in [5.74, 6) is 2.88. The van der Waals surface area contributed by atoms with E-state index >= 15 is 0 Å². The van der Waals surface area contributed by atoms with E-state index in [2.05, 4.69) is 21.8 Å². The number of methoxy groups -OCH3 is 4. The van der Waals surface area contributed by atoms with Gasteiger partial charge in [-0.15, -0.1) is 0 Å². The maximum atomic E-state index is 13.1. The monoisotopic (exact) mass is 470 g/mol. The molecule has 1 amide bonds. The van der Waals surface area contributed by atoms with Gasteiger partial charge in [-0.2, -0.15) is 0 Å². The first-order valence-corrected chi connectivity index (χ1v) is 11.5. The number of benzene rings is 2. The van der Waals surface area contributed by atoms with E-state index in [9.17, 15) is 4.79 Å². The molecule has 2 fully saturated rings. The number of hydrazine groups is 1. The van der Waals surface area contributed by atoms with Crippen LogP contribution in [0.25, 0.3) is 0 Å². The second kappa shape index (κ2) is 10.9. The third-order valence-corrected chi connectivity index (χ3v) is 6.56. The maximum Gasteiger partial charge on any atom is 0.241 e. The molecule has 2 heterocycles. The quantitative estimate of drug-likeness (QED) is 0.606. The van der Waals surface area contributed by atoms with E-state index in [1.54, 1.807) is 28.4 Å². The van der Waals surface area contributed by atoms with E-state index < -0.39 is 0 Å². The smallest absolute Gasteiger partial charge is 0.241 e. The number of amides is 1. The molecular formula is C25H34N4O5. The van der Waals surface area contributed by atoms with Crippen molar-refractivity contribution in [1.82, 2.24) is 20.7 Å². The fourth-order valence-corrected chi connectivity index (χ4v) is 4.67. The molecule has 0 saturated carbocycles. The average Bonchev–Trinajstić information content (AvgIpc) is 3.39. The minimum absolute atomic E-state index is 0.0721. The normalized spacial score (nSPS) is 20.8. The predicted molar refractivity (Wildman–Crippen MR) is 128 cm³/mol. The van der Waals surface area contributed by atoms with Crippen molar-refractivity contribution in [3.8, 4) is 23.0 Å². The SMILES string of the molecule is COc1cccc(C2CC(C(=O)N3CCN(Cc4ccc(OC)c(OC)c4OC)CC3)NN2)c1. The molecule has 2 aliphatic heterocycles. The number of rotatable bonds is 8. The number of carbonyl (C=O) groups is 1. The minimum atomic E-state index is -0.242. The Morgan fingerprint density at radius 3 is 2.35 bits per heavy atom. The van der Waals surface area contributed by atoms with Crippen LogP contribution in [-0.2, 0) is 11.3 Å². The standard InChI is InChI=1S/C25H34N4O5/c1-31-19-7-5-6-17(14-19)20-15-21(27-26-20)25(30)29-12-10-28(11-13-29)16-18-8-9-22(32-2)24(34-4)23(18)33-3/h5-9,14,20-21,26-27H,10-13,15-16H2,1-4H3. The van der Waals surface area contributed by atoms with E-state index in [1.165, 1.54) is 0 Å². The number of hydrogen-bond donors (Lipinski definition) is 2. The van der Waals surface area contributed by atoms with Gasteiger partial charge in [0, 0.05) is 44.3 Å². The second-order valence-electron chi connectivity index (χ2n) is 8.50. The third kappa shape index (κ3) is 5.06. The zero-order valence-electron chi connectivity index (χ0n) is 20.3. The lowest BCUT2D eigenvalue weighted by atomic mass is 10.0. The summed E-state index contributed by atoms with van der Waals surface area (Å²) in [5.41, 5.74) is 8.60. The van der Waals surface area contributed by atoms with E-state index in [4.69, 9.17) is 18.9 Å². The molecule has 2 aromatic carbocycles. The summed E-state index contributed by atoms with van der Waals surface area (Å²) in [6.07, 6.45) is 0.703. The van der Waals surface area contributed by atoms with Crippen LogP contribution in [0.3, 0.4) is 0 Å². The van der Waals surface area contributed by atoms with Crippen LogP contribution >= 0.6 is 0 Å². The molecular weight excluding hydrogens is 436 g/mol. The summed E-state index contributed by atoms with van der Waals surface area (Å²) >= 11 is 0. The Labute approximate surface area is 200 Å². The Bertz CT molecular complexity index is 993. The topological polar surface area (TPSA) is 84.5 Å². The van der Waals surface area contributed by atoms with Crippen LogP contribution in [0.15, 0.2) is 36.4 Å². The molecule has 184 valence electrons. The van der Waals surface area contributed by atoms with Gasteiger partial charge in [0.15, 0.2) is 11.5 Å². The van der Waals surface area contributed by atoms with Crippen LogP contribution in [0, 0.1) is 0 Å². The Morgan fingerprint density at radius 1 is 0.912 bits per heavy atom. The van der Waals surface area contributed by atoms with Crippen molar-refractivity contribution in [3.05, 3.63) is 47.5 Å². The Morgan fingerprint density at radius 2 is 1.68 bits per heavy atom. The molecule has 0 bridgehead atoms. The van der Waals surface area contributed by atoms with Gasteiger partial charge in [-0.05, 0) is 30.2 Å². The van der Waals surface area contributed by atoms with Crippen molar-refractivity contribution in [2.24, 2.45) is 0 Å². The van der Waals surface area contributed by atoms with E-state index in [-0.39, 0.29) is 18.0 Å². The molecule has 4 rings (SSSR count). The molecule has 2 saturated heterocycles. The molecule has 0 aliphatic carbocycles. The fourth-order valence-electron chi connectivity index (χ4n) is 4.67. The highest BCUT2D eigenvalue weighted by Crippen LogP contribution is 2.40. The van der Waals surface area contributed by atoms with Crippen molar-refractivity contribution < 1.29 is 23.7 Å². The third-order valence-electron chi connectivity index (χ3n) is 6.56. The average molecular weight is 471 g/mol. The van der Waals surface area contributed by atoms with Crippen molar-refractivity contribution in [2.45, 2.75) is 25.0 Å². The molecule has 9 heteroatoms. The summed E-state index contributed by atoms with van der Waals surface area (Å²) in [5, 5.41) is 0. The highest BCUT2D eigenvalue weighted by Gasteiger charge is 2.34. The Hall–Kier alpha value is -3.01. The Balaban J connectivity index is 1.32. The zero-order chi connectivity index (χ0) is 24.1. The summed E-state index contributed by atoms with van der Waals surface area (Å²) in [7, 11) is 6.52. The van der Waals surface area contributed by atoms with Gasteiger partial charge in [-0.25, -0.2) is 10.9 Å². The van der Waals surface area contributed by atoms with Gasteiger partial charge >= 0.3 is 0 Å². The van der Waals surface area contributed by atoms with Crippen LogP contribution in [0.4, 0.5) is 0 Å². The van der Waals surface area contributed by atoms with Gasteiger partial charge in [-0.3, -0.25) is 9.69 Å². The number of hydrogen-bond acceptors (Lipinski definition) is 8. The number of ether oxygens (including phenoxy) is 4. The van der Waals surface area contributed by atoms with Crippen LogP contribution in [0.1, 0.15) is 23.6 Å². The summed E-state index contributed by atoms with van der Waals surface area (Å²) in [4.78, 5) is 17.4. The number of carbonyl (C=O) groups excluding carboxylic acids is 1. The van der Waals surface area contributed by atoms with Crippen LogP contribution < -0.4 is 29.8 Å².